The lowest BCUT2D eigenvalue weighted by Gasteiger charge is -2.48. The molecule has 0 saturated carbocycles. The highest BCUT2D eigenvalue weighted by Gasteiger charge is 2.54. The minimum atomic E-state index is -0.382. The quantitative estimate of drug-likeness (QED) is 0.683. The predicted octanol–water partition coefficient (Wildman–Crippen LogP) is 2.19. The van der Waals surface area contributed by atoms with E-state index in [0.29, 0.717) is 5.92 Å². The van der Waals surface area contributed by atoms with Crippen molar-refractivity contribution in [1.29, 1.82) is 0 Å². The van der Waals surface area contributed by atoms with Gasteiger partial charge in [-0.25, -0.2) is 0 Å². The van der Waals surface area contributed by atoms with Gasteiger partial charge in [0.25, 0.3) is 5.79 Å². The minimum absolute atomic E-state index is 0.382. The molecular weight excluding hydrogens is 214 g/mol. The summed E-state index contributed by atoms with van der Waals surface area (Å²) in [4.78, 5) is 2.46. The first-order valence-electron chi connectivity index (χ1n) is 6.46. The minimum Gasteiger partial charge on any atom is -0.447 e. The molecule has 0 unspecified atom stereocenters. The molecule has 17 heavy (non-hydrogen) atoms. The monoisotopic (exact) mass is 231 g/mol. The van der Waals surface area contributed by atoms with Crippen LogP contribution in [-0.2, 0) is 0 Å². The molecule has 4 aliphatic rings. The van der Waals surface area contributed by atoms with Gasteiger partial charge in [0.2, 0.25) is 0 Å². The molecule has 3 fully saturated rings. The third-order valence-corrected chi connectivity index (χ3v) is 4.32. The van der Waals surface area contributed by atoms with Crippen LogP contribution in [-0.4, -0.2) is 30.3 Å². The van der Waals surface area contributed by atoms with Crippen molar-refractivity contribution in [2.75, 3.05) is 19.6 Å². The molecule has 1 aromatic carbocycles. The first-order chi connectivity index (χ1) is 8.25. The van der Waals surface area contributed by atoms with Crippen molar-refractivity contribution in [3.63, 3.8) is 0 Å². The van der Waals surface area contributed by atoms with Crippen LogP contribution in [0.15, 0.2) is 18.2 Å². The molecule has 1 spiro atoms. The van der Waals surface area contributed by atoms with Gasteiger partial charge in [-0.1, -0.05) is 6.07 Å². The molecule has 0 aromatic heterocycles. The van der Waals surface area contributed by atoms with E-state index in [1.165, 1.54) is 31.5 Å². The van der Waals surface area contributed by atoms with Crippen LogP contribution >= 0.6 is 0 Å². The molecule has 90 valence electrons. The SMILES string of the molecule is Cc1ccc2c(c1)O[C@]1(CN3CCC1CC3)O2. The van der Waals surface area contributed by atoms with E-state index < -0.39 is 0 Å². The largest absolute Gasteiger partial charge is 0.447 e. The smallest absolute Gasteiger partial charge is 0.267 e. The summed E-state index contributed by atoms with van der Waals surface area (Å²) >= 11 is 0. The van der Waals surface area contributed by atoms with Crippen molar-refractivity contribution < 1.29 is 9.47 Å². The van der Waals surface area contributed by atoms with Gasteiger partial charge in [-0.2, -0.15) is 0 Å². The second-order valence-corrected chi connectivity index (χ2v) is 5.52. The van der Waals surface area contributed by atoms with Crippen LogP contribution in [0.3, 0.4) is 0 Å². The van der Waals surface area contributed by atoms with Gasteiger partial charge in [-0.15, -0.1) is 0 Å². The molecule has 0 aliphatic carbocycles. The third kappa shape index (κ3) is 1.32. The number of aryl methyl sites for hydroxylation is 1. The zero-order valence-electron chi connectivity index (χ0n) is 10.1. The summed E-state index contributed by atoms with van der Waals surface area (Å²) in [7, 11) is 0. The average molecular weight is 231 g/mol. The maximum absolute atomic E-state index is 6.19. The zero-order chi connectivity index (χ0) is 11.5. The van der Waals surface area contributed by atoms with Crippen LogP contribution in [0.1, 0.15) is 18.4 Å². The Morgan fingerprint density at radius 2 is 1.94 bits per heavy atom. The molecule has 0 N–H and O–H groups in total. The number of ether oxygens (including phenoxy) is 2. The topological polar surface area (TPSA) is 21.7 Å². The highest BCUT2D eigenvalue weighted by Crippen LogP contribution is 2.48. The summed E-state index contributed by atoms with van der Waals surface area (Å²) in [5.74, 6) is 2.02. The number of hydrogen-bond acceptors (Lipinski definition) is 3. The van der Waals surface area contributed by atoms with Gasteiger partial charge in [0.1, 0.15) is 0 Å². The Hall–Kier alpha value is -1.22. The van der Waals surface area contributed by atoms with E-state index in [1.807, 2.05) is 6.07 Å². The lowest BCUT2D eigenvalue weighted by atomic mass is 9.83. The second-order valence-electron chi connectivity index (χ2n) is 5.52. The fourth-order valence-electron chi connectivity index (χ4n) is 3.38. The summed E-state index contributed by atoms with van der Waals surface area (Å²) in [5.41, 5.74) is 1.23. The normalized spacial score (nSPS) is 37.7. The van der Waals surface area contributed by atoms with Crippen LogP contribution in [0.25, 0.3) is 0 Å². The highest BCUT2D eigenvalue weighted by molar-refractivity contribution is 5.46. The number of hydrogen-bond donors (Lipinski definition) is 0. The van der Waals surface area contributed by atoms with Crippen molar-refractivity contribution in [2.45, 2.75) is 25.6 Å². The van der Waals surface area contributed by atoms with Gasteiger partial charge in [0, 0.05) is 5.92 Å². The summed E-state index contributed by atoms with van der Waals surface area (Å²) in [5, 5.41) is 0. The standard InChI is InChI=1S/C14H17NO2/c1-10-2-3-12-13(8-10)17-14(16-12)9-15-6-4-11(14)5-7-15/h2-3,8,11H,4-7,9H2,1H3/t14-/m0/s1. The van der Waals surface area contributed by atoms with E-state index in [-0.39, 0.29) is 5.79 Å². The number of fused-ring (bicyclic) bond motifs is 3. The van der Waals surface area contributed by atoms with Crippen molar-refractivity contribution in [2.24, 2.45) is 5.92 Å². The molecule has 0 radical (unpaired) electrons. The molecule has 2 bridgehead atoms. The Morgan fingerprint density at radius 3 is 2.65 bits per heavy atom. The van der Waals surface area contributed by atoms with Gasteiger partial charge in [-0.3, -0.25) is 4.90 Å². The number of piperidine rings is 3. The fourth-order valence-corrected chi connectivity index (χ4v) is 3.38. The fraction of sp³-hybridized carbons (Fsp3) is 0.571. The van der Waals surface area contributed by atoms with Crippen molar-refractivity contribution in [3.8, 4) is 11.5 Å². The molecule has 5 rings (SSSR count). The highest BCUT2D eigenvalue weighted by atomic mass is 16.7. The Bertz CT molecular complexity index is 465. The molecule has 1 atom stereocenters. The maximum Gasteiger partial charge on any atom is 0.267 e. The van der Waals surface area contributed by atoms with E-state index >= 15 is 0 Å². The van der Waals surface area contributed by atoms with Crippen LogP contribution < -0.4 is 9.47 Å². The first-order valence-corrected chi connectivity index (χ1v) is 6.46. The van der Waals surface area contributed by atoms with E-state index in [2.05, 4.69) is 24.0 Å². The molecule has 3 saturated heterocycles. The van der Waals surface area contributed by atoms with Crippen LogP contribution in [0, 0.1) is 12.8 Å². The lowest BCUT2D eigenvalue weighted by Crippen LogP contribution is -2.63. The Kier molecular flexibility index (Phi) is 1.82. The van der Waals surface area contributed by atoms with E-state index in [9.17, 15) is 0 Å². The van der Waals surface area contributed by atoms with Gasteiger partial charge in [-0.05, 0) is 50.6 Å². The van der Waals surface area contributed by atoms with Crippen molar-refractivity contribution >= 4 is 0 Å². The summed E-state index contributed by atoms with van der Waals surface area (Å²) in [6.07, 6.45) is 2.40. The summed E-state index contributed by atoms with van der Waals surface area (Å²) in [6.45, 7) is 5.42. The van der Waals surface area contributed by atoms with E-state index in [0.717, 1.165) is 18.0 Å². The molecule has 1 aromatic rings. The van der Waals surface area contributed by atoms with Gasteiger partial charge in [0.05, 0.1) is 6.54 Å². The third-order valence-electron chi connectivity index (χ3n) is 4.32. The molecule has 4 aliphatic heterocycles. The number of rotatable bonds is 0. The molecule has 0 amide bonds. The van der Waals surface area contributed by atoms with Gasteiger partial charge < -0.3 is 9.47 Å². The zero-order valence-corrected chi connectivity index (χ0v) is 10.1. The molecular formula is C14H17NO2. The second kappa shape index (κ2) is 3.16. The van der Waals surface area contributed by atoms with Gasteiger partial charge >= 0.3 is 0 Å². The average Bonchev–Trinajstić information content (AvgIpc) is 2.67. The van der Waals surface area contributed by atoms with Gasteiger partial charge in [0.15, 0.2) is 11.5 Å². The number of nitrogens with zero attached hydrogens (tertiary/aromatic N) is 1. The molecule has 3 heteroatoms. The van der Waals surface area contributed by atoms with E-state index in [4.69, 9.17) is 9.47 Å². The van der Waals surface area contributed by atoms with E-state index in [1.54, 1.807) is 0 Å². The number of benzene rings is 1. The maximum atomic E-state index is 6.19. The Balaban J connectivity index is 1.71. The Morgan fingerprint density at radius 1 is 1.18 bits per heavy atom. The van der Waals surface area contributed by atoms with Crippen molar-refractivity contribution in [3.05, 3.63) is 23.8 Å². The summed E-state index contributed by atoms with van der Waals surface area (Å²) in [6, 6.07) is 6.21. The van der Waals surface area contributed by atoms with Crippen molar-refractivity contribution in [1.82, 2.24) is 4.90 Å². The summed E-state index contributed by atoms with van der Waals surface area (Å²) < 4.78 is 12.3. The lowest BCUT2D eigenvalue weighted by molar-refractivity contribution is -0.189. The van der Waals surface area contributed by atoms with Crippen LogP contribution in [0.4, 0.5) is 0 Å². The molecule has 4 heterocycles. The molecule has 3 nitrogen and oxygen atoms in total. The Labute approximate surface area is 101 Å². The first kappa shape index (κ1) is 9.77. The van der Waals surface area contributed by atoms with Crippen LogP contribution in [0.2, 0.25) is 0 Å². The van der Waals surface area contributed by atoms with Crippen LogP contribution in [0.5, 0.6) is 11.5 Å². The predicted molar refractivity (Wildman–Crippen MR) is 64.3 cm³/mol.